The number of hydrogen-bond acceptors (Lipinski definition) is 3. The Morgan fingerprint density at radius 2 is 1.41 bits per heavy atom. The highest BCUT2D eigenvalue weighted by Gasteiger charge is 2.54. The summed E-state index contributed by atoms with van der Waals surface area (Å²) in [7, 11) is 0. The SMILES string of the molecule is Cc1ccc(C2(c3ccc(C)cc3)NC(=O)N(CC(=O)Nc3c(Cl)ccc(C)c3Cl)C2=O)cc1. The number of hydrogen-bond donors (Lipinski definition) is 2. The second kappa shape index (κ2) is 9.12. The van der Waals surface area contributed by atoms with Crippen LogP contribution in [-0.2, 0) is 15.1 Å². The van der Waals surface area contributed by atoms with Gasteiger partial charge >= 0.3 is 6.03 Å². The Kier molecular flexibility index (Phi) is 6.39. The quantitative estimate of drug-likeness (QED) is 0.468. The van der Waals surface area contributed by atoms with Gasteiger partial charge in [-0.05, 0) is 43.5 Å². The second-order valence-electron chi connectivity index (χ2n) is 8.40. The summed E-state index contributed by atoms with van der Waals surface area (Å²) >= 11 is 12.5. The number of nitrogens with zero attached hydrogens (tertiary/aromatic N) is 1. The van der Waals surface area contributed by atoms with E-state index in [0.29, 0.717) is 16.1 Å². The molecule has 4 amide bonds. The number of aryl methyl sites for hydroxylation is 3. The van der Waals surface area contributed by atoms with Crippen molar-refractivity contribution in [2.45, 2.75) is 26.3 Å². The number of amides is 4. The maximum Gasteiger partial charge on any atom is 0.326 e. The molecule has 1 saturated heterocycles. The molecule has 0 aliphatic carbocycles. The van der Waals surface area contributed by atoms with Gasteiger partial charge in [0, 0.05) is 0 Å². The van der Waals surface area contributed by atoms with Crippen LogP contribution in [0.3, 0.4) is 0 Å². The van der Waals surface area contributed by atoms with Gasteiger partial charge in [-0.1, -0.05) is 88.9 Å². The number of rotatable bonds is 5. The van der Waals surface area contributed by atoms with E-state index in [9.17, 15) is 14.4 Å². The number of nitrogens with one attached hydrogen (secondary N) is 2. The average Bonchev–Trinajstić information content (AvgIpc) is 3.06. The van der Waals surface area contributed by atoms with E-state index >= 15 is 0 Å². The van der Waals surface area contributed by atoms with Crippen LogP contribution in [0.4, 0.5) is 10.5 Å². The molecular weight excluding hydrogens is 473 g/mol. The van der Waals surface area contributed by atoms with Crippen molar-refractivity contribution in [3.05, 3.63) is 98.5 Å². The van der Waals surface area contributed by atoms with Gasteiger partial charge in [-0.25, -0.2) is 4.79 Å². The maximum absolute atomic E-state index is 13.8. The molecule has 0 saturated carbocycles. The standard InChI is InChI=1S/C26H23Cl2N3O3/c1-15-4-9-18(10-5-15)26(19-11-6-16(2)7-12-19)24(33)31(25(34)30-26)14-21(32)29-23-20(27)13-8-17(3)22(23)28/h4-13H,14H2,1-3H3,(H,29,32)(H,30,34). The first kappa shape index (κ1) is 23.8. The zero-order valence-electron chi connectivity index (χ0n) is 18.9. The molecule has 1 aliphatic rings. The Hall–Kier alpha value is -3.35. The first-order chi connectivity index (χ1) is 16.1. The average molecular weight is 496 g/mol. The molecule has 3 aromatic carbocycles. The lowest BCUT2D eigenvalue weighted by atomic mass is 9.82. The van der Waals surface area contributed by atoms with Crippen LogP contribution in [0.5, 0.6) is 0 Å². The lowest BCUT2D eigenvalue weighted by molar-refractivity contribution is -0.133. The van der Waals surface area contributed by atoms with Crippen molar-refractivity contribution in [1.29, 1.82) is 0 Å². The van der Waals surface area contributed by atoms with E-state index in [2.05, 4.69) is 10.6 Å². The third-order valence-corrected chi connectivity index (χ3v) is 6.73. The van der Waals surface area contributed by atoms with E-state index in [1.165, 1.54) is 0 Å². The largest absolute Gasteiger partial charge is 0.326 e. The second-order valence-corrected chi connectivity index (χ2v) is 9.19. The van der Waals surface area contributed by atoms with Crippen molar-refractivity contribution in [2.75, 3.05) is 11.9 Å². The third kappa shape index (κ3) is 4.15. The number of carbonyl (C=O) groups is 3. The summed E-state index contributed by atoms with van der Waals surface area (Å²) in [5.74, 6) is -1.14. The molecule has 6 nitrogen and oxygen atoms in total. The molecule has 3 aromatic rings. The molecule has 0 bridgehead atoms. The summed E-state index contributed by atoms with van der Waals surface area (Å²) in [6.07, 6.45) is 0. The Morgan fingerprint density at radius 1 is 0.882 bits per heavy atom. The van der Waals surface area contributed by atoms with E-state index < -0.39 is 29.9 Å². The number of carbonyl (C=O) groups excluding carboxylic acids is 3. The van der Waals surface area contributed by atoms with Crippen LogP contribution in [0.25, 0.3) is 0 Å². The summed E-state index contributed by atoms with van der Waals surface area (Å²) in [5, 5.41) is 6.03. The van der Waals surface area contributed by atoms with Crippen molar-refractivity contribution >= 4 is 46.7 Å². The highest BCUT2D eigenvalue weighted by molar-refractivity contribution is 6.40. The highest BCUT2D eigenvalue weighted by atomic mass is 35.5. The Morgan fingerprint density at radius 3 is 1.94 bits per heavy atom. The molecule has 0 unspecified atom stereocenters. The molecule has 174 valence electrons. The molecule has 2 N–H and O–H groups in total. The molecule has 0 spiro atoms. The number of imide groups is 1. The normalized spacial score (nSPS) is 14.8. The minimum atomic E-state index is -1.45. The maximum atomic E-state index is 13.8. The molecule has 0 radical (unpaired) electrons. The summed E-state index contributed by atoms with van der Waals surface area (Å²) in [5.41, 5.74) is 2.77. The lowest BCUT2D eigenvalue weighted by Gasteiger charge is -2.28. The van der Waals surface area contributed by atoms with Crippen molar-refractivity contribution in [3.63, 3.8) is 0 Å². The zero-order chi connectivity index (χ0) is 24.6. The van der Waals surface area contributed by atoms with Gasteiger partial charge in [-0.15, -0.1) is 0 Å². The van der Waals surface area contributed by atoms with Crippen LogP contribution in [0, 0.1) is 20.8 Å². The molecule has 0 atom stereocenters. The van der Waals surface area contributed by atoms with Gasteiger partial charge in [0.25, 0.3) is 5.91 Å². The van der Waals surface area contributed by atoms with Gasteiger partial charge in [-0.2, -0.15) is 0 Å². The fourth-order valence-corrected chi connectivity index (χ4v) is 4.44. The molecule has 0 aromatic heterocycles. The van der Waals surface area contributed by atoms with E-state index in [-0.39, 0.29) is 10.7 Å². The van der Waals surface area contributed by atoms with Crippen molar-refractivity contribution in [1.82, 2.24) is 10.2 Å². The third-order valence-electron chi connectivity index (χ3n) is 5.93. The summed E-state index contributed by atoms with van der Waals surface area (Å²) in [6, 6.07) is 17.4. The van der Waals surface area contributed by atoms with Gasteiger partial charge in [0.1, 0.15) is 6.54 Å². The Balaban J connectivity index is 1.68. The monoisotopic (exact) mass is 495 g/mol. The number of urea groups is 1. The minimum Gasteiger partial charge on any atom is -0.322 e. The van der Waals surface area contributed by atoms with Gasteiger partial charge in [0.15, 0.2) is 5.54 Å². The fourth-order valence-electron chi connectivity index (χ4n) is 3.98. The van der Waals surface area contributed by atoms with Gasteiger partial charge in [0.05, 0.1) is 15.7 Å². The van der Waals surface area contributed by atoms with Gasteiger partial charge in [-0.3, -0.25) is 14.5 Å². The van der Waals surface area contributed by atoms with Crippen LogP contribution in [-0.4, -0.2) is 29.3 Å². The lowest BCUT2D eigenvalue weighted by Crippen LogP contribution is -2.45. The van der Waals surface area contributed by atoms with Crippen LogP contribution >= 0.6 is 23.2 Å². The van der Waals surface area contributed by atoms with Gasteiger partial charge < -0.3 is 10.6 Å². The summed E-state index contributed by atoms with van der Waals surface area (Å²) in [6.45, 7) is 5.17. The smallest absolute Gasteiger partial charge is 0.322 e. The highest BCUT2D eigenvalue weighted by Crippen LogP contribution is 2.37. The fraction of sp³-hybridized carbons (Fsp3) is 0.192. The van der Waals surface area contributed by atoms with E-state index in [0.717, 1.165) is 21.6 Å². The molecule has 1 aliphatic heterocycles. The molecule has 8 heteroatoms. The number of anilines is 1. The first-order valence-electron chi connectivity index (χ1n) is 10.7. The van der Waals surface area contributed by atoms with Gasteiger partial charge in [0.2, 0.25) is 5.91 Å². The molecule has 34 heavy (non-hydrogen) atoms. The molecular formula is C26H23Cl2N3O3. The zero-order valence-corrected chi connectivity index (χ0v) is 20.4. The van der Waals surface area contributed by atoms with E-state index in [1.54, 1.807) is 19.1 Å². The minimum absolute atomic E-state index is 0.240. The van der Waals surface area contributed by atoms with Crippen molar-refractivity contribution in [3.8, 4) is 0 Å². The van der Waals surface area contributed by atoms with E-state index in [1.807, 2.05) is 62.4 Å². The molecule has 1 heterocycles. The molecule has 4 rings (SSSR count). The van der Waals surface area contributed by atoms with Crippen LogP contribution in [0.15, 0.2) is 60.7 Å². The van der Waals surface area contributed by atoms with E-state index in [4.69, 9.17) is 23.2 Å². The Labute approximate surface area is 207 Å². The molecule has 1 fully saturated rings. The predicted octanol–water partition coefficient (Wildman–Crippen LogP) is 5.35. The summed E-state index contributed by atoms with van der Waals surface area (Å²) in [4.78, 5) is 40.6. The first-order valence-corrected chi connectivity index (χ1v) is 11.4. The number of halogens is 2. The number of benzene rings is 3. The van der Waals surface area contributed by atoms with Crippen LogP contribution in [0.2, 0.25) is 10.0 Å². The van der Waals surface area contributed by atoms with Crippen LogP contribution < -0.4 is 10.6 Å². The summed E-state index contributed by atoms with van der Waals surface area (Å²) < 4.78 is 0. The van der Waals surface area contributed by atoms with Crippen LogP contribution in [0.1, 0.15) is 27.8 Å². The topological polar surface area (TPSA) is 78.5 Å². The van der Waals surface area contributed by atoms with Crippen molar-refractivity contribution in [2.24, 2.45) is 0 Å². The Bertz CT molecular complexity index is 1240. The van der Waals surface area contributed by atoms with Crippen molar-refractivity contribution < 1.29 is 14.4 Å². The predicted molar refractivity (Wildman–Crippen MR) is 133 cm³/mol.